The molecule has 0 aliphatic rings. The molecular formula is C12H6Cl3. The molecule has 0 spiro atoms. The zero-order valence-electron chi connectivity index (χ0n) is 7.60. The first kappa shape index (κ1) is 10.8. The molecule has 0 saturated heterocycles. The molecule has 0 aliphatic carbocycles. The fraction of sp³-hybridized carbons (Fsp3) is 0. The molecule has 0 amide bonds. The molecule has 2 rings (SSSR count). The summed E-state index contributed by atoms with van der Waals surface area (Å²) in [5, 5.41) is 1.65. The average Bonchev–Trinajstić information content (AvgIpc) is 2.24. The lowest BCUT2D eigenvalue weighted by atomic mass is 10.1. The molecule has 2 aromatic rings. The first-order chi connectivity index (χ1) is 7.18. The molecule has 3 heteroatoms. The first-order valence-corrected chi connectivity index (χ1v) is 5.43. The predicted molar refractivity (Wildman–Crippen MR) is 65.7 cm³/mol. The maximum Gasteiger partial charge on any atom is 0.0677 e. The van der Waals surface area contributed by atoms with Crippen molar-refractivity contribution in [2.45, 2.75) is 0 Å². The van der Waals surface area contributed by atoms with Gasteiger partial charge >= 0.3 is 0 Å². The van der Waals surface area contributed by atoms with E-state index in [9.17, 15) is 0 Å². The van der Waals surface area contributed by atoms with Crippen LogP contribution in [0.1, 0.15) is 0 Å². The zero-order valence-corrected chi connectivity index (χ0v) is 9.87. The second-order valence-corrected chi connectivity index (χ2v) is 4.22. The third-order valence-corrected chi connectivity index (χ3v) is 3.08. The highest BCUT2D eigenvalue weighted by Crippen LogP contribution is 2.33. The maximum absolute atomic E-state index is 6.07. The molecule has 75 valence electrons. The van der Waals surface area contributed by atoms with Gasteiger partial charge in [0, 0.05) is 16.7 Å². The summed E-state index contributed by atoms with van der Waals surface area (Å²) >= 11 is 17.8. The quantitative estimate of drug-likeness (QED) is 0.665. The zero-order chi connectivity index (χ0) is 10.8. The van der Waals surface area contributed by atoms with Gasteiger partial charge in [0.2, 0.25) is 0 Å². The van der Waals surface area contributed by atoms with Crippen molar-refractivity contribution in [1.82, 2.24) is 0 Å². The van der Waals surface area contributed by atoms with Gasteiger partial charge in [-0.1, -0.05) is 59.1 Å². The molecule has 0 bridgehead atoms. The van der Waals surface area contributed by atoms with Gasteiger partial charge in [0.1, 0.15) is 0 Å². The largest absolute Gasteiger partial charge is 0.0843 e. The number of halogens is 3. The molecule has 2 aromatic carbocycles. The Morgan fingerprint density at radius 2 is 1.53 bits per heavy atom. The molecule has 0 aromatic heterocycles. The minimum Gasteiger partial charge on any atom is -0.0843 e. The van der Waals surface area contributed by atoms with Crippen molar-refractivity contribution in [3.05, 3.63) is 57.5 Å². The van der Waals surface area contributed by atoms with Gasteiger partial charge in [0.05, 0.1) is 10.0 Å². The molecule has 0 N–H and O–H groups in total. The van der Waals surface area contributed by atoms with E-state index in [0.717, 1.165) is 11.1 Å². The number of hydrogen-bond donors (Lipinski definition) is 0. The maximum atomic E-state index is 6.07. The SMILES string of the molecule is Clc1ccc(-c2cc[c]c(Cl)c2Cl)cc1. The monoisotopic (exact) mass is 255 g/mol. The van der Waals surface area contributed by atoms with Crippen LogP contribution in [0.2, 0.25) is 15.1 Å². The van der Waals surface area contributed by atoms with Gasteiger partial charge in [-0.2, -0.15) is 0 Å². The van der Waals surface area contributed by atoms with E-state index >= 15 is 0 Å². The third-order valence-electron chi connectivity index (χ3n) is 2.04. The summed E-state index contributed by atoms with van der Waals surface area (Å²) in [5.41, 5.74) is 1.87. The van der Waals surface area contributed by atoms with Crippen molar-refractivity contribution in [2.75, 3.05) is 0 Å². The summed E-state index contributed by atoms with van der Waals surface area (Å²) in [6, 6.07) is 13.9. The van der Waals surface area contributed by atoms with Gasteiger partial charge in [-0.05, 0) is 17.7 Å². The van der Waals surface area contributed by atoms with Crippen LogP contribution < -0.4 is 0 Å². The fourth-order valence-electron chi connectivity index (χ4n) is 1.31. The average molecular weight is 257 g/mol. The van der Waals surface area contributed by atoms with Gasteiger partial charge in [-0.25, -0.2) is 0 Å². The molecule has 1 radical (unpaired) electrons. The standard InChI is InChI=1S/C12H6Cl3/c13-9-6-4-8(5-7-9)10-2-1-3-11(14)12(10)15/h1-2,4-7H. The lowest BCUT2D eigenvalue weighted by Crippen LogP contribution is -1.80. The molecule has 0 fully saturated rings. The minimum atomic E-state index is 0.434. The topological polar surface area (TPSA) is 0 Å². The fourth-order valence-corrected chi connectivity index (χ4v) is 1.82. The van der Waals surface area contributed by atoms with E-state index < -0.39 is 0 Å². The van der Waals surface area contributed by atoms with Crippen molar-refractivity contribution < 1.29 is 0 Å². The van der Waals surface area contributed by atoms with Crippen molar-refractivity contribution >= 4 is 34.8 Å². The van der Waals surface area contributed by atoms with Gasteiger partial charge in [0.25, 0.3) is 0 Å². The highest BCUT2D eigenvalue weighted by molar-refractivity contribution is 6.43. The van der Waals surface area contributed by atoms with Crippen LogP contribution in [-0.4, -0.2) is 0 Å². The van der Waals surface area contributed by atoms with Gasteiger partial charge in [-0.3, -0.25) is 0 Å². The Morgan fingerprint density at radius 3 is 2.20 bits per heavy atom. The van der Waals surface area contributed by atoms with Crippen molar-refractivity contribution in [3.63, 3.8) is 0 Å². The summed E-state index contributed by atoms with van der Waals surface area (Å²) in [5.74, 6) is 0. The van der Waals surface area contributed by atoms with E-state index in [0.29, 0.717) is 15.1 Å². The Kier molecular flexibility index (Phi) is 3.20. The molecule has 0 saturated carbocycles. The number of hydrogen-bond acceptors (Lipinski definition) is 0. The summed E-state index contributed by atoms with van der Waals surface area (Å²) in [4.78, 5) is 0. The molecule has 15 heavy (non-hydrogen) atoms. The van der Waals surface area contributed by atoms with E-state index in [1.54, 1.807) is 6.07 Å². The molecule has 0 nitrogen and oxygen atoms in total. The summed E-state index contributed by atoms with van der Waals surface area (Å²) < 4.78 is 0. The molecular weight excluding hydrogens is 250 g/mol. The normalized spacial score (nSPS) is 10.3. The summed E-state index contributed by atoms with van der Waals surface area (Å²) in [7, 11) is 0. The van der Waals surface area contributed by atoms with Crippen LogP contribution in [-0.2, 0) is 0 Å². The van der Waals surface area contributed by atoms with Crippen molar-refractivity contribution in [1.29, 1.82) is 0 Å². The van der Waals surface area contributed by atoms with Gasteiger partial charge < -0.3 is 0 Å². The summed E-state index contributed by atoms with van der Waals surface area (Å²) in [6.07, 6.45) is 0. The Balaban J connectivity index is 2.54. The third kappa shape index (κ3) is 2.28. The van der Waals surface area contributed by atoms with Crippen LogP contribution in [0, 0.1) is 6.07 Å². The summed E-state index contributed by atoms with van der Waals surface area (Å²) in [6.45, 7) is 0. The Labute approximate surface area is 103 Å². The smallest absolute Gasteiger partial charge is 0.0677 e. The first-order valence-electron chi connectivity index (χ1n) is 4.30. The van der Waals surface area contributed by atoms with Crippen LogP contribution in [0.3, 0.4) is 0 Å². The molecule has 0 heterocycles. The highest BCUT2D eigenvalue weighted by atomic mass is 35.5. The predicted octanol–water partition coefficient (Wildman–Crippen LogP) is 5.11. The second kappa shape index (κ2) is 4.44. The van der Waals surface area contributed by atoms with E-state index in [2.05, 4.69) is 6.07 Å². The van der Waals surface area contributed by atoms with Crippen LogP contribution in [0.25, 0.3) is 11.1 Å². The van der Waals surface area contributed by atoms with Crippen LogP contribution >= 0.6 is 34.8 Å². The lowest BCUT2D eigenvalue weighted by Gasteiger charge is -2.05. The molecule has 0 aliphatic heterocycles. The van der Waals surface area contributed by atoms with Crippen molar-refractivity contribution in [2.24, 2.45) is 0 Å². The highest BCUT2D eigenvalue weighted by Gasteiger charge is 2.06. The minimum absolute atomic E-state index is 0.434. The number of benzene rings is 2. The van der Waals surface area contributed by atoms with E-state index in [4.69, 9.17) is 34.8 Å². The second-order valence-electron chi connectivity index (χ2n) is 3.03. The van der Waals surface area contributed by atoms with Gasteiger partial charge in [0.15, 0.2) is 0 Å². The Hall–Kier alpha value is -0.690. The van der Waals surface area contributed by atoms with Crippen LogP contribution in [0.4, 0.5) is 0 Å². The van der Waals surface area contributed by atoms with E-state index in [-0.39, 0.29) is 0 Å². The van der Waals surface area contributed by atoms with E-state index in [1.807, 2.05) is 30.3 Å². The molecule has 0 atom stereocenters. The van der Waals surface area contributed by atoms with Crippen LogP contribution in [0.15, 0.2) is 36.4 Å². The van der Waals surface area contributed by atoms with Gasteiger partial charge in [-0.15, -0.1) is 0 Å². The van der Waals surface area contributed by atoms with Crippen molar-refractivity contribution in [3.8, 4) is 11.1 Å². The number of rotatable bonds is 1. The Morgan fingerprint density at radius 1 is 0.867 bits per heavy atom. The van der Waals surface area contributed by atoms with E-state index in [1.165, 1.54) is 0 Å². The molecule has 0 unspecified atom stereocenters. The Bertz CT molecular complexity index is 475. The lowest BCUT2D eigenvalue weighted by molar-refractivity contribution is 1.61. The van der Waals surface area contributed by atoms with Crippen LogP contribution in [0.5, 0.6) is 0 Å².